The Hall–Kier alpha value is -0.730. The summed E-state index contributed by atoms with van der Waals surface area (Å²) >= 11 is 0. The molecule has 3 nitrogen and oxygen atoms in total. The van der Waals surface area contributed by atoms with Crippen molar-refractivity contribution >= 4 is 6.09 Å². The van der Waals surface area contributed by atoms with Crippen LogP contribution in [0.1, 0.15) is 47.5 Å². The largest absolute Gasteiger partial charge is 0.450 e. The van der Waals surface area contributed by atoms with Crippen LogP contribution in [0.3, 0.4) is 0 Å². The first-order valence-electron chi connectivity index (χ1n) is 5.32. The van der Waals surface area contributed by atoms with Gasteiger partial charge in [0.15, 0.2) is 0 Å². The van der Waals surface area contributed by atoms with Crippen LogP contribution in [0.5, 0.6) is 0 Å². The van der Waals surface area contributed by atoms with E-state index in [9.17, 15) is 4.79 Å². The lowest BCUT2D eigenvalue weighted by Crippen LogP contribution is -2.43. The van der Waals surface area contributed by atoms with E-state index >= 15 is 0 Å². The van der Waals surface area contributed by atoms with Gasteiger partial charge in [0.05, 0.1) is 6.61 Å². The number of hydrogen-bond donors (Lipinski definition) is 1. The van der Waals surface area contributed by atoms with E-state index in [2.05, 4.69) is 19.2 Å². The average molecular weight is 201 g/mol. The van der Waals surface area contributed by atoms with Gasteiger partial charge < -0.3 is 10.1 Å². The van der Waals surface area contributed by atoms with E-state index in [0.717, 1.165) is 12.8 Å². The van der Waals surface area contributed by atoms with Crippen molar-refractivity contribution < 1.29 is 9.53 Å². The molecule has 0 aliphatic heterocycles. The Labute approximate surface area is 87.2 Å². The van der Waals surface area contributed by atoms with Crippen molar-refractivity contribution in [3.63, 3.8) is 0 Å². The molecule has 1 amide bonds. The van der Waals surface area contributed by atoms with Gasteiger partial charge in [0.2, 0.25) is 0 Å². The molecule has 0 spiro atoms. The number of amides is 1. The molecule has 0 aromatic rings. The third-order valence-corrected chi connectivity index (χ3v) is 2.06. The Morgan fingerprint density at radius 1 is 1.43 bits per heavy atom. The highest BCUT2D eigenvalue weighted by Gasteiger charge is 2.20. The number of carbonyl (C=O) groups is 1. The number of carbonyl (C=O) groups excluding carboxylic acids is 1. The number of ether oxygens (including phenoxy) is 1. The van der Waals surface area contributed by atoms with Gasteiger partial charge in [-0.15, -0.1) is 0 Å². The second-order valence-electron chi connectivity index (χ2n) is 4.66. The fourth-order valence-electron chi connectivity index (χ4n) is 1.16. The Morgan fingerprint density at radius 3 is 2.43 bits per heavy atom. The normalized spacial score (nSPS) is 11.6. The van der Waals surface area contributed by atoms with E-state index < -0.39 is 0 Å². The van der Waals surface area contributed by atoms with Crippen molar-refractivity contribution in [3.8, 4) is 0 Å². The number of alkyl carbamates (subject to hydrolysis) is 1. The third-order valence-electron chi connectivity index (χ3n) is 2.06. The van der Waals surface area contributed by atoms with Crippen molar-refractivity contribution in [1.29, 1.82) is 0 Å². The molecule has 14 heavy (non-hydrogen) atoms. The topological polar surface area (TPSA) is 38.3 Å². The molecule has 0 unspecified atom stereocenters. The molecular weight excluding hydrogens is 178 g/mol. The molecule has 0 rings (SSSR count). The highest BCUT2D eigenvalue weighted by molar-refractivity contribution is 5.68. The summed E-state index contributed by atoms with van der Waals surface area (Å²) in [5.41, 5.74) is -0.170. The SMILES string of the molecule is CCOC(=O)NC(C)(C)CCC(C)C. The van der Waals surface area contributed by atoms with Crippen molar-refractivity contribution in [2.75, 3.05) is 6.61 Å². The van der Waals surface area contributed by atoms with E-state index in [4.69, 9.17) is 4.74 Å². The van der Waals surface area contributed by atoms with Gasteiger partial charge in [0.1, 0.15) is 0 Å². The Bertz CT molecular complexity index is 176. The minimum absolute atomic E-state index is 0.170. The van der Waals surface area contributed by atoms with Crippen LogP contribution >= 0.6 is 0 Å². The first-order chi connectivity index (χ1) is 6.37. The van der Waals surface area contributed by atoms with Crippen LogP contribution in [0.2, 0.25) is 0 Å². The molecular formula is C11H23NO2. The molecule has 1 N–H and O–H groups in total. The molecule has 0 saturated carbocycles. The summed E-state index contributed by atoms with van der Waals surface area (Å²) in [5, 5.41) is 2.85. The number of rotatable bonds is 5. The van der Waals surface area contributed by atoms with Crippen molar-refractivity contribution in [3.05, 3.63) is 0 Å². The molecule has 84 valence electrons. The van der Waals surface area contributed by atoms with Crippen LogP contribution < -0.4 is 5.32 Å². The summed E-state index contributed by atoms with van der Waals surface area (Å²) in [6.07, 6.45) is 1.77. The van der Waals surface area contributed by atoms with Gasteiger partial charge >= 0.3 is 6.09 Å². The third kappa shape index (κ3) is 6.75. The summed E-state index contributed by atoms with van der Waals surface area (Å²) in [4.78, 5) is 11.2. The maximum absolute atomic E-state index is 11.2. The lowest BCUT2D eigenvalue weighted by atomic mass is 9.94. The fraction of sp³-hybridized carbons (Fsp3) is 0.909. The average Bonchev–Trinajstić information content (AvgIpc) is 2.00. The molecule has 0 saturated heterocycles. The van der Waals surface area contributed by atoms with Crippen molar-refractivity contribution in [2.45, 2.75) is 53.0 Å². The minimum Gasteiger partial charge on any atom is -0.450 e. The standard InChI is InChI=1S/C11H23NO2/c1-6-14-10(13)12-11(4,5)8-7-9(2)3/h9H,6-8H2,1-5H3,(H,12,13). The minimum atomic E-state index is -0.318. The highest BCUT2D eigenvalue weighted by Crippen LogP contribution is 2.15. The first kappa shape index (κ1) is 13.3. The smallest absolute Gasteiger partial charge is 0.407 e. The fourth-order valence-corrected chi connectivity index (χ4v) is 1.16. The Balaban J connectivity index is 3.87. The molecule has 3 heteroatoms. The van der Waals surface area contributed by atoms with E-state index in [1.807, 2.05) is 13.8 Å². The lowest BCUT2D eigenvalue weighted by Gasteiger charge is -2.26. The summed E-state index contributed by atoms with van der Waals surface area (Å²) in [6.45, 7) is 10.6. The van der Waals surface area contributed by atoms with Crippen LogP contribution in [-0.2, 0) is 4.74 Å². The zero-order valence-electron chi connectivity index (χ0n) is 10.0. The van der Waals surface area contributed by atoms with Gasteiger partial charge in [-0.2, -0.15) is 0 Å². The maximum Gasteiger partial charge on any atom is 0.407 e. The molecule has 0 radical (unpaired) electrons. The maximum atomic E-state index is 11.2. The van der Waals surface area contributed by atoms with Crippen LogP contribution in [0.4, 0.5) is 4.79 Å². The first-order valence-corrected chi connectivity index (χ1v) is 5.32. The summed E-state index contributed by atoms with van der Waals surface area (Å²) in [6, 6.07) is 0. The molecule has 0 heterocycles. The summed E-state index contributed by atoms with van der Waals surface area (Å²) in [5.74, 6) is 0.665. The quantitative estimate of drug-likeness (QED) is 0.742. The number of hydrogen-bond acceptors (Lipinski definition) is 2. The highest BCUT2D eigenvalue weighted by atomic mass is 16.5. The monoisotopic (exact) mass is 201 g/mol. The molecule has 0 aliphatic carbocycles. The molecule has 0 fully saturated rings. The van der Waals surface area contributed by atoms with Gasteiger partial charge in [-0.05, 0) is 39.5 Å². The van der Waals surface area contributed by atoms with E-state index in [1.165, 1.54) is 0 Å². The Kier molecular flexibility index (Phi) is 5.58. The van der Waals surface area contributed by atoms with Crippen LogP contribution in [0.15, 0.2) is 0 Å². The molecule has 0 atom stereocenters. The predicted octanol–water partition coefficient (Wildman–Crippen LogP) is 2.95. The molecule has 0 bridgehead atoms. The van der Waals surface area contributed by atoms with Gasteiger partial charge in [0, 0.05) is 5.54 Å². The van der Waals surface area contributed by atoms with Gasteiger partial charge in [-0.1, -0.05) is 13.8 Å². The summed E-state index contributed by atoms with van der Waals surface area (Å²) < 4.78 is 4.83. The van der Waals surface area contributed by atoms with Crippen LogP contribution in [0.25, 0.3) is 0 Å². The van der Waals surface area contributed by atoms with Gasteiger partial charge in [-0.25, -0.2) is 4.79 Å². The molecule has 0 aromatic carbocycles. The van der Waals surface area contributed by atoms with Crippen LogP contribution in [-0.4, -0.2) is 18.2 Å². The Morgan fingerprint density at radius 2 is 2.00 bits per heavy atom. The molecule has 0 aromatic heterocycles. The zero-order chi connectivity index (χ0) is 11.2. The van der Waals surface area contributed by atoms with Gasteiger partial charge in [-0.3, -0.25) is 0 Å². The van der Waals surface area contributed by atoms with Crippen molar-refractivity contribution in [2.24, 2.45) is 5.92 Å². The van der Waals surface area contributed by atoms with E-state index in [0.29, 0.717) is 12.5 Å². The summed E-state index contributed by atoms with van der Waals surface area (Å²) in [7, 11) is 0. The van der Waals surface area contributed by atoms with E-state index in [1.54, 1.807) is 6.92 Å². The van der Waals surface area contributed by atoms with E-state index in [-0.39, 0.29) is 11.6 Å². The van der Waals surface area contributed by atoms with Gasteiger partial charge in [0.25, 0.3) is 0 Å². The lowest BCUT2D eigenvalue weighted by molar-refractivity contribution is 0.139. The second-order valence-corrected chi connectivity index (χ2v) is 4.66. The number of nitrogens with one attached hydrogen (secondary N) is 1. The predicted molar refractivity (Wildman–Crippen MR) is 58.3 cm³/mol. The van der Waals surface area contributed by atoms with Crippen LogP contribution in [0, 0.1) is 5.92 Å². The van der Waals surface area contributed by atoms with Crippen molar-refractivity contribution in [1.82, 2.24) is 5.32 Å². The zero-order valence-corrected chi connectivity index (χ0v) is 10.0. The second kappa shape index (κ2) is 5.89. The molecule has 0 aliphatic rings.